The predicted molar refractivity (Wildman–Crippen MR) is 454 cm³/mol. The second-order valence-electron chi connectivity index (χ2n) is 29.6. The maximum absolute atomic E-state index is 2.60. The van der Waals surface area contributed by atoms with Gasteiger partial charge in [-0.05, 0) is 211 Å². The Labute approximate surface area is 616 Å². The Kier molecular flexibility index (Phi) is 13.2. The zero-order chi connectivity index (χ0) is 70.0. The van der Waals surface area contributed by atoms with E-state index >= 15 is 0 Å². The van der Waals surface area contributed by atoms with Gasteiger partial charge in [-0.1, -0.05) is 227 Å². The molecule has 498 valence electrons. The van der Waals surface area contributed by atoms with Gasteiger partial charge in [-0.25, -0.2) is 0 Å². The summed E-state index contributed by atoms with van der Waals surface area (Å²) in [5, 5.41) is 19.5. The fraction of sp³-hybridized carbons (Fsp3) is 0.0400. The second kappa shape index (κ2) is 23.1. The van der Waals surface area contributed by atoms with E-state index in [4.69, 9.17) is 0 Å². The molecule has 0 radical (unpaired) electrons. The van der Waals surface area contributed by atoms with Crippen molar-refractivity contribution < 1.29 is 0 Å². The van der Waals surface area contributed by atoms with E-state index in [0.29, 0.717) is 0 Å². The number of hydrogen-bond acceptors (Lipinski definition) is 3. The van der Waals surface area contributed by atoms with Crippen molar-refractivity contribution in [2.24, 2.45) is 0 Å². The van der Waals surface area contributed by atoms with Gasteiger partial charge in [-0.2, -0.15) is 0 Å². The molecule has 0 saturated heterocycles. The lowest BCUT2D eigenvalue weighted by atomic mass is 9.86. The van der Waals surface area contributed by atoms with Crippen molar-refractivity contribution in [1.29, 1.82) is 0 Å². The van der Waals surface area contributed by atoms with Crippen molar-refractivity contribution in [2.45, 2.75) is 26.2 Å². The van der Waals surface area contributed by atoms with Crippen LogP contribution in [-0.4, -0.2) is 13.5 Å². The van der Waals surface area contributed by atoms with Crippen molar-refractivity contribution in [3.05, 3.63) is 357 Å². The highest BCUT2D eigenvalue weighted by Crippen LogP contribution is 2.54. The summed E-state index contributed by atoms with van der Waals surface area (Å²) in [6, 6.07) is 132. The standard InChI is InChI=1S/C100H67N5S/c1-100(2,3)71-45-51-86-83(59-71)98-91(104(75-47-43-67-55-65(39-41-69(67)57-75)63-24-10-5-11-25-63)90-37-21-36-89-97(90)79-31-17-19-33-85(79)103(89)73-28-14-7-15-29-73)52-50-77-82-61-81-70(58-92(82)105(86)99(77)98)44-53-93-95(81)80-49-48-76(60-94(80)106-93)101(74-46-42-66-54-64(38-40-68(66)56-74)62-22-8-4-9-23-62)87-34-20-35-88-96(87)78-30-16-18-32-84(78)102(88)72-26-12-6-13-27-72/h4-61H,1-3H3. The van der Waals surface area contributed by atoms with Gasteiger partial charge in [0.05, 0.1) is 55.7 Å². The van der Waals surface area contributed by atoms with Gasteiger partial charge in [0, 0.05) is 91.7 Å². The first-order valence-electron chi connectivity index (χ1n) is 36.7. The maximum atomic E-state index is 2.60. The van der Waals surface area contributed by atoms with Gasteiger partial charge in [-0.15, -0.1) is 11.3 Å². The van der Waals surface area contributed by atoms with Gasteiger partial charge in [0.15, 0.2) is 0 Å². The number of rotatable bonds is 10. The monoisotopic (exact) mass is 1370 g/mol. The van der Waals surface area contributed by atoms with E-state index in [0.717, 1.165) is 56.5 Å². The van der Waals surface area contributed by atoms with E-state index in [9.17, 15) is 0 Å². The van der Waals surface area contributed by atoms with Crippen molar-refractivity contribution >= 4 is 180 Å². The first kappa shape index (κ1) is 60.3. The van der Waals surface area contributed by atoms with Crippen LogP contribution in [0.4, 0.5) is 34.1 Å². The number of anilines is 6. The Balaban J connectivity index is 0.759. The lowest BCUT2D eigenvalue weighted by molar-refractivity contribution is 0.591. The zero-order valence-electron chi connectivity index (χ0n) is 58.6. The molecular weight excluding hydrogens is 1300 g/mol. The summed E-state index contributed by atoms with van der Waals surface area (Å²) in [5.74, 6) is 0. The van der Waals surface area contributed by atoms with E-state index in [1.54, 1.807) is 0 Å². The molecule has 0 aliphatic carbocycles. The lowest BCUT2D eigenvalue weighted by Gasteiger charge is -2.28. The van der Waals surface area contributed by atoms with E-state index in [1.165, 1.54) is 151 Å². The van der Waals surface area contributed by atoms with Crippen molar-refractivity contribution in [3.8, 4) is 33.6 Å². The summed E-state index contributed by atoms with van der Waals surface area (Å²) in [7, 11) is 0. The fourth-order valence-electron chi connectivity index (χ4n) is 17.7. The molecule has 0 spiro atoms. The summed E-state index contributed by atoms with van der Waals surface area (Å²) < 4.78 is 9.97. The first-order chi connectivity index (χ1) is 52.2. The molecule has 0 fully saturated rings. The highest BCUT2D eigenvalue weighted by Gasteiger charge is 2.30. The molecule has 0 unspecified atom stereocenters. The number of fused-ring (bicyclic) bond motifs is 19. The third-order valence-electron chi connectivity index (χ3n) is 22.6. The average Bonchev–Trinajstić information content (AvgIpc) is 1.52. The summed E-state index contributed by atoms with van der Waals surface area (Å²) in [6.45, 7) is 7.02. The minimum atomic E-state index is -0.101. The van der Waals surface area contributed by atoms with Crippen molar-refractivity contribution in [3.63, 3.8) is 0 Å². The van der Waals surface area contributed by atoms with Crippen LogP contribution in [0.2, 0.25) is 0 Å². The van der Waals surface area contributed by atoms with E-state index in [2.05, 4.69) is 396 Å². The Morgan fingerprint density at radius 2 is 0.745 bits per heavy atom. The van der Waals surface area contributed by atoms with Gasteiger partial charge in [0.1, 0.15) is 0 Å². The normalized spacial score (nSPS) is 12.3. The molecule has 6 heteroatoms. The predicted octanol–water partition coefficient (Wildman–Crippen LogP) is 28.4. The molecule has 0 N–H and O–H groups in total. The van der Waals surface area contributed by atoms with Crippen LogP contribution in [0, 0.1) is 0 Å². The lowest BCUT2D eigenvalue weighted by Crippen LogP contribution is -2.11. The molecule has 106 heavy (non-hydrogen) atoms. The molecule has 0 atom stereocenters. The van der Waals surface area contributed by atoms with Crippen LogP contribution in [0.1, 0.15) is 26.3 Å². The van der Waals surface area contributed by atoms with Gasteiger partial charge in [0.2, 0.25) is 0 Å². The van der Waals surface area contributed by atoms with Crippen LogP contribution in [0.3, 0.4) is 0 Å². The summed E-state index contributed by atoms with van der Waals surface area (Å²) in [6.07, 6.45) is 0. The highest BCUT2D eigenvalue weighted by atomic mass is 32.1. The molecule has 5 heterocycles. The quantitative estimate of drug-likeness (QED) is 0.136. The number of hydrogen-bond donors (Lipinski definition) is 0. The number of para-hydroxylation sites is 4. The van der Waals surface area contributed by atoms with Crippen LogP contribution >= 0.6 is 11.3 Å². The smallest absolute Gasteiger partial charge is 0.0641 e. The SMILES string of the molecule is CC(C)(C)c1ccc2c(c1)c1c(N(c3ccc4cc(-c5ccccc5)ccc4c3)c3cccc4c3c3ccccc3n4-c3ccccc3)ccc3c4cc5c(ccc6sc7cc(N(c8ccc9cc(-c%10ccccc%10)ccc9c8)c8cccc9c8c8ccccc8n9-c8ccccc8)ccc7c65)cc4n2c31. The van der Waals surface area contributed by atoms with Crippen LogP contribution < -0.4 is 9.80 Å². The summed E-state index contributed by atoms with van der Waals surface area (Å²) >= 11 is 1.89. The zero-order valence-corrected chi connectivity index (χ0v) is 59.4. The Morgan fingerprint density at radius 1 is 0.255 bits per heavy atom. The van der Waals surface area contributed by atoms with E-state index in [-0.39, 0.29) is 5.41 Å². The molecule has 0 amide bonds. The number of nitrogens with zero attached hydrogens (tertiary/aromatic N) is 5. The molecule has 5 aromatic heterocycles. The van der Waals surface area contributed by atoms with Crippen LogP contribution in [0.15, 0.2) is 352 Å². The topological polar surface area (TPSA) is 20.8 Å². The minimum Gasteiger partial charge on any atom is -0.310 e. The second-order valence-corrected chi connectivity index (χ2v) is 30.7. The highest BCUT2D eigenvalue weighted by molar-refractivity contribution is 7.26. The molecule has 0 aliphatic heterocycles. The first-order valence-corrected chi connectivity index (χ1v) is 37.5. The summed E-state index contributed by atoms with van der Waals surface area (Å²) in [5.41, 5.74) is 23.2. The molecule has 22 aromatic rings. The molecule has 17 aromatic carbocycles. The third-order valence-corrected chi connectivity index (χ3v) is 23.7. The van der Waals surface area contributed by atoms with E-state index < -0.39 is 0 Å². The minimum absolute atomic E-state index is 0.101. The van der Waals surface area contributed by atoms with Crippen molar-refractivity contribution in [1.82, 2.24) is 13.5 Å². The number of benzene rings is 17. The molecule has 22 rings (SSSR count). The number of aromatic nitrogens is 3. The number of thiophene rings is 1. The van der Waals surface area contributed by atoms with E-state index in [1.807, 2.05) is 11.3 Å². The molecule has 0 saturated carbocycles. The van der Waals surface area contributed by atoms with Gasteiger partial charge >= 0.3 is 0 Å². The Morgan fingerprint density at radius 3 is 1.35 bits per heavy atom. The molecule has 5 nitrogen and oxygen atoms in total. The largest absolute Gasteiger partial charge is 0.310 e. The van der Waals surface area contributed by atoms with Crippen LogP contribution in [0.25, 0.3) is 168 Å². The Hall–Kier alpha value is -13.3. The molecular formula is C100H67N5S. The van der Waals surface area contributed by atoms with Gasteiger partial charge in [-0.3, -0.25) is 0 Å². The molecule has 0 bridgehead atoms. The van der Waals surface area contributed by atoms with Gasteiger partial charge < -0.3 is 23.3 Å². The maximum Gasteiger partial charge on any atom is 0.0641 e. The van der Waals surface area contributed by atoms with Crippen molar-refractivity contribution in [2.75, 3.05) is 9.80 Å². The van der Waals surface area contributed by atoms with Gasteiger partial charge in [0.25, 0.3) is 0 Å². The Bertz CT molecular complexity index is 7360. The molecule has 0 aliphatic rings. The van der Waals surface area contributed by atoms with Crippen LogP contribution in [-0.2, 0) is 5.41 Å². The fourth-order valence-corrected chi connectivity index (χ4v) is 18.9. The summed E-state index contributed by atoms with van der Waals surface area (Å²) in [4.78, 5) is 5.09. The van der Waals surface area contributed by atoms with Crippen LogP contribution in [0.5, 0.6) is 0 Å². The third kappa shape index (κ3) is 9.14. The average molecular weight is 1370 g/mol.